The van der Waals surface area contributed by atoms with Crippen molar-refractivity contribution >= 4 is 29.0 Å². The summed E-state index contributed by atoms with van der Waals surface area (Å²) in [6.07, 6.45) is 0. The van der Waals surface area contributed by atoms with Gasteiger partial charge in [-0.15, -0.1) is 10.2 Å². The third kappa shape index (κ3) is 2.36. The van der Waals surface area contributed by atoms with E-state index in [1.807, 2.05) is 0 Å². The fourth-order valence-electron chi connectivity index (χ4n) is 1.92. The fraction of sp³-hybridized carbons (Fsp3) is 0.667. The van der Waals surface area contributed by atoms with Crippen LogP contribution in [0.15, 0.2) is 0 Å². The normalized spacial score (nSPS) is 22.5. The van der Waals surface area contributed by atoms with E-state index >= 15 is 0 Å². The predicted molar refractivity (Wildman–Crippen MR) is 64.2 cm³/mol. The van der Waals surface area contributed by atoms with E-state index in [1.165, 1.54) is 0 Å². The van der Waals surface area contributed by atoms with Crippen molar-refractivity contribution < 1.29 is 0 Å². The minimum Gasteiger partial charge on any atom is -0.349 e. The highest BCUT2D eigenvalue weighted by Gasteiger charge is 2.25. The first-order valence-electron chi connectivity index (χ1n) is 5.09. The molecule has 1 unspecified atom stereocenters. The second-order valence-corrected chi connectivity index (χ2v) is 4.70. The Morgan fingerprint density at radius 2 is 2.00 bits per heavy atom. The summed E-state index contributed by atoms with van der Waals surface area (Å²) >= 11 is 11.7. The predicted octanol–water partition coefficient (Wildman–Crippen LogP) is 1.32. The largest absolute Gasteiger partial charge is 0.349 e. The minimum atomic E-state index is 0.130. The zero-order valence-corrected chi connectivity index (χ0v) is 10.7. The van der Waals surface area contributed by atoms with Crippen LogP contribution in [-0.2, 0) is 0 Å². The maximum absolute atomic E-state index is 5.98. The van der Waals surface area contributed by atoms with Gasteiger partial charge in [0.15, 0.2) is 11.0 Å². The van der Waals surface area contributed by atoms with Crippen molar-refractivity contribution in [3.05, 3.63) is 10.4 Å². The Bertz CT molecular complexity index is 386. The van der Waals surface area contributed by atoms with Crippen molar-refractivity contribution in [3.63, 3.8) is 0 Å². The Kier molecular flexibility index (Phi) is 3.47. The van der Waals surface area contributed by atoms with Gasteiger partial charge in [-0.05, 0) is 25.6 Å². The smallest absolute Gasteiger partial charge is 0.245 e. The molecule has 16 heavy (non-hydrogen) atoms. The maximum atomic E-state index is 5.98. The van der Waals surface area contributed by atoms with Crippen LogP contribution >= 0.6 is 23.2 Å². The van der Waals surface area contributed by atoms with Gasteiger partial charge in [-0.3, -0.25) is 0 Å². The number of nitrogens with zero attached hydrogens (tertiary/aromatic N) is 5. The molecule has 2 heterocycles. The van der Waals surface area contributed by atoms with Crippen LogP contribution in [0.25, 0.3) is 0 Å². The summed E-state index contributed by atoms with van der Waals surface area (Å²) in [5.41, 5.74) is 0. The second kappa shape index (κ2) is 4.69. The molecule has 1 fully saturated rings. The quantitative estimate of drug-likeness (QED) is 0.763. The first kappa shape index (κ1) is 11.8. The van der Waals surface area contributed by atoms with E-state index in [-0.39, 0.29) is 5.28 Å². The number of hydrogen-bond acceptors (Lipinski definition) is 5. The Morgan fingerprint density at radius 1 is 1.25 bits per heavy atom. The number of aromatic nitrogens is 3. The van der Waals surface area contributed by atoms with Gasteiger partial charge in [0.05, 0.1) is 0 Å². The van der Waals surface area contributed by atoms with Gasteiger partial charge in [-0.1, -0.05) is 11.6 Å². The summed E-state index contributed by atoms with van der Waals surface area (Å²) in [5.74, 6) is 0.627. The first-order chi connectivity index (χ1) is 7.58. The van der Waals surface area contributed by atoms with Gasteiger partial charge >= 0.3 is 0 Å². The highest BCUT2D eigenvalue weighted by molar-refractivity contribution is 6.32. The van der Waals surface area contributed by atoms with Gasteiger partial charge < -0.3 is 9.80 Å². The van der Waals surface area contributed by atoms with Gasteiger partial charge in [0.2, 0.25) is 5.28 Å². The standard InChI is InChI=1S/C9H13Cl2N5/c1-6-5-15(2)3-4-16(6)8-7(10)13-14-9(11)12-8/h6H,3-5H2,1-2H3. The molecular formula is C9H13Cl2N5. The molecule has 1 aliphatic rings. The maximum Gasteiger partial charge on any atom is 0.245 e. The molecule has 1 saturated heterocycles. The highest BCUT2D eigenvalue weighted by Crippen LogP contribution is 2.24. The molecule has 88 valence electrons. The minimum absolute atomic E-state index is 0.130. The van der Waals surface area contributed by atoms with Crippen LogP contribution in [0.3, 0.4) is 0 Å². The Hall–Kier alpha value is -0.650. The average molecular weight is 262 g/mol. The van der Waals surface area contributed by atoms with Gasteiger partial charge in [0.1, 0.15) is 0 Å². The molecule has 0 N–H and O–H groups in total. The molecular weight excluding hydrogens is 249 g/mol. The first-order valence-corrected chi connectivity index (χ1v) is 5.84. The lowest BCUT2D eigenvalue weighted by atomic mass is 10.2. The summed E-state index contributed by atoms with van der Waals surface area (Å²) in [6.45, 7) is 4.94. The van der Waals surface area contributed by atoms with E-state index in [2.05, 4.69) is 39.0 Å². The van der Waals surface area contributed by atoms with Crippen LogP contribution in [0.2, 0.25) is 10.4 Å². The molecule has 7 heteroatoms. The topological polar surface area (TPSA) is 45.2 Å². The molecule has 5 nitrogen and oxygen atoms in total. The number of halogens is 2. The zero-order chi connectivity index (χ0) is 11.7. The SMILES string of the molecule is CC1CN(C)CCN1c1nc(Cl)nnc1Cl. The lowest BCUT2D eigenvalue weighted by Crippen LogP contribution is -2.51. The van der Waals surface area contributed by atoms with Gasteiger partial charge in [-0.2, -0.15) is 4.98 Å². The van der Waals surface area contributed by atoms with Crippen molar-refractivity contribution in [3.8, 4) is 0 Å². The molecule has 0 saturated carbocycles. The molecule has 0 aliphatic carbocycles. The van der Waals surface area contributed by atoms with Crippen LogP contribution in [-0.4, -0.2) is 52.8 Å². The Labute approximate surface area is 104 Å². The van der Waals surface area contributed by atoms with E-state index in [0.29, 0.717) is 17.0 Å². The van der Waals surface area contributed by atoms with Gasteiger partial charge in [0.25, 0.3) is 0 Å². The number of piperazine rings is 1. The third-order valence-electron chi connectivity index (χ3n) is 2.71. The van der Waals surface area contributed by atoms with E-state index in [4.69, 9.17) is 23.2 Å². The number of likely N-dealkylation sites (N-methyl/N-ethyl adjacent to an activating group) is 1. The van der Waals surface area contributed by atoms with Crippen LogP contribution in [0, 0.1) is 0 Å². The van der Waals surface area contributed by atoms with E-state index in [0.717, 1.165) is 19.6 Å². The van der Waals surface area contributed by atoms with E-state index in [1.54, 1.807) is 0 Å². The molecule has 1 aromatic rings. The van der Waals surface area contributed by atoms with Crippen molar-refractivity contribution in [2.45, 2.75) is 13.0 Å². The Morgan fingerprint density at radius 3 is 2.69 bits per heavy atom. The average Bonchev–Trinajstić information content (AvgIpc) is 2.22. The van der Waals surface area contributed by atoms with Gasteiger partial charge in [0, 0.05) is 25.7 Å². The third-order valence-corrected chi connectivity index (χ3v) is 3.11. The number of anilines is 1. The fourth-order valence-corrected chi connectivity index (χ4v) is 2.23. The summed E-state index contributed by atoms with van der Waals surface area (Å²) in [5, 5.41) is 7.82. The van der Waals surface area contributed by atoms with Crippen molar-refractivity contribution in [1.82, 2.24) is 20.1 Å². The summed E-state index contributed by atoms with van der Waals surface area (Å²) < 4.78 is 0. The van der Waals surface area contributed by atoms with Crippen molar-refractivity contribution in [2.75, 3.05) is 31.6 Å². The van der Waals surface area contributed by atoms with Crippen LogP contribution < -0.4 is 4.90 Å². The summed E-state index contributed by atoms with van der Waals surface area (Å²) in [7, 11) is 2.10. The molecule has 2 rings (SSSR count). The monoisotopic (exact) mass is 261 g/mol. The molecule has 1 aromatic heterocycles. The van der Waals surface area contributed by atoms with E-state index < -0.39 is 0 Å². The zero-order valence-electron chi connectivity index (χ0n) is 9.19. The molecule has 0 bridgehead atoms. The van der Waals surface area contributed by atoms with Gasteiger partial charge in [-0.25, -0.2) is 0 Å². The molecule has 0 spiro atoms. The number of hydrogen-bond donors (Lipinski definition) is 0. The second-order valence-electron chi connectivity index (χ2n) is 4.00. The van der Waals surface area contributed by atoms with E-state index in [9.17, 15) is 0 Å². The van der Waals surface area contributed by atoms with Crippen LogP contribution in [0.5, 0.6) is 0 Å². The van der Waals surface area contributed by atoms with Crippen LogP contribution in [0.4, 0.5) is 5.82 Å². The summed E-state index contributed by atoms with van der Waals surface area (Å²) in [6, 6.07) is 0.337. The van der Waals surface area contributed by atoms with Crippen molar-refractivity contribution in [2.24, 2.45) is 0 Å². The molecule has 1 atom stereocenters. The Balaban J connectivity index is 2.26. The van der Waals surface area contributed by atoms with Crippen molar-refractivity contribution in [1.29, 1.82) is 0 Å². The molecule has 0 aromatic carbocycles. The number of rotatable bonds is 1. The highest BCUT2D eigenvalue weighted by atomic mass is 35.5. The summed E-state index contributed by atoms with van der Waals surface area (Å²) in [4.78, 5) is 8.52. The molecule has 0 amide bonds. The lowest BCUT2D eigenvalue weighted by Gasteiger charge is -2.38. The lowest BCUT2D eigenvalue weighted by molar-refractivity contribution is 0.274. The molecule has 0 radical (unpaired) electrons. The molecule has 1 aliphatic heterocycles. The van der Waals surface area contributed by atoms with Crippen LogP contribution in [0.1, 0.15) is 6.92 Å².